The van der Waals surface area contributed by atoms with Crippen molar-refractivity contribution in [3.63, 3.8) is 0 Å². The average Bonchev–Trinajstić information content (AvgIpc) is 2.18. The Hall–Kier alpha value is -0.650. The molecule has 1 heterocycles. The molecule has 0 saturated heterocycles. The monoisotopic (exact) mass is 187 g/mol. The molecule has 0 aromatic rings. The van der Waals surface area contributed by atoms with Gasteiger partial charge in [0.05, 0.1) is 19.7 Å². The molecule has 0 amide bonds. The third-order valence-corrected chi connectivity index (χ3v) is 2.03. The zero-order chi connectivity index (χ0) is 9.68. The van der Waals surface area contributed by atoms with Gasteiger partial charge in [0.15, 0.2) is 0 Å². The Morgan fingerprint density at radius 2 is 2.38 bits per heavy atom. The van der Waals surface area contributed by atoms with E-state index < -0.39 is 0 Å². The van der Waals surface area contributed by atoms with Crippen molar-refractivity contribution in [3.05, 3.63) is 0 Å². The minimum atomic E-state index is 0.0207. The summed E-state index contributed by atoms with van der Waals surface area (Å²) in [4.78, 5) is 9.22. The summed E-state index contributed by atoms with van der Waals surface area (Å²) in [6.45, 7) is 2.74. The Morgan fingerprint density at radius 1 is 1.62 bits per heavy atom. The van der Waals surface area contributed by atoms with E-state index in [0.29, 0.717) is 6.54 Å². The number of hydrogen-bond acceptors (Lipinski definition) is 5. The first kappa shape index (κ1) is 10.4. The fourth-order valence-corrected chi connectivity index (χ4v) is 1.37. The van der Waals surface area contributed by atoms with E-state index in [4.69, 9.17) is 9.57 Å². The molecule has 2 atom stereocenters. The molecule has 0 aromatic heterocycles. The van der Waals surface area contributed by atoms with Gasteiger partial charge in [0.1, 0.15) is 12.1 Å². The first-order valence-electron chi connectivity index (χ1n) is 4.43. The topological polar surface area (TPSA) is 54.9 Å². The summed E-state index contributed by atoms with van der Waals surface area (Å²) in [5.41, 5.74) is 2.73. The zero-order valence-corrected chi connectivity index (χ0v) is 8.33. The van der Waals surface area contributed by atoms with Crippen molar-refractivity contribution in [3.8, 4) is 0 Å². The number of hydroxylamine groups is 1. The number of aliphatic imine (C=N–C) groups is 1. The second-order valence-electron chi connectivity index (χ2n) is 2.89. The van der Waals surface area contributed by atoms with Crippen molar-refractivity contribution < 1.29 is 9.57 Å². The van der Waals surface area contributed by atoms with Crippen LogP contribution in [0.4, 0.5) is 0 Å². The van der Waals surface area contributed by atoms with Gasteiger partial charge in [0.2, 0.25) is 0 Å². The molecule has 2 unspecified atom stereocenters. The van der Waals surface area contributed by atoms with Gasteiger partial charge in [-0.1, -0.05) is 6.92 Å². The van der Waals surface area contributed by atoms with Gasteiger partial charge < -0.3 is 4.74 Å². The van der Waals surface area contributed by atoms with Crippen LogP contribution in [0.5, 0.6) is 0 Å². The molecular formula is C8H17N3O2. The lowest BCUT2D eigenvalue weighted by Gasteiger charge is -2.28. The van der Waals surface area contributed by atoms with E-state index in [1.165, 1.54) is 0 Å². The molecule has 0 fully saturated rings. The van der Waals surface area contributed by atoms with Crippen LogP contribution in [0.25, 0.3) is 0 Å². The minimum absolute atomic E-state index is 0.0207. The van der Waals surface area contributed by atoms with Crippen LogP contribution < -0.4 is 10.8 Å². The summed E-state index contributed by atoms with van der Waals surface area (Å²) in [5.74, 6) is 0.822. The Morgan fingerprint density at radius 3 is 2.92 bits per heavy atom. The number of ether oxygens (including phenoxy) is 1. The molecule has 0 bridgehead atoms. The summed E-state index contributed by atoms with van der Waals surface area (Å²) >= 11 is 0. The second-order valence-corrected chi connectivity index (χ2v) is 2.89. The zero-order valence-electron chi connectivity index (χ0n) is 8.33. The van der Waals surface area contributed by atoms with Crippen molar-refractivity contribution in [2.75, 3.05) is 20.8 Å². The smallest absolute Gasteiger partial charge is 0.135 e. The highest BCUT2D eigenvalue weighted by molar-refractivity contribution is 5.84. The lowest BCUT2D eigenvalue weighted by Crippen LogP contribution is -2.50. The van der Waals surface area contributed by atoms with Crippen LogP contribution in [0.2, 0.25) is 0 Å². The highest BCUT2D eigenvalue weighted by Gasteiger charge is 2.23. The lowest BCUT2D eigenvalue weighted by molar-refractivity contribution is 0.0483. The molecule has 76 valence electrons. The molecule has 5 nitrogen and oxygen atoms in total. The number of hydrogen-bond donors (Lipinski definition) is 2. The summed E-state index contributed by atoms with van der Waals surface area (Å²) in [5, 5.41) is 3.21. The molecule has 2 N–H and O–H groups in total. The minimum Gasteiger partial charge on any atom is -0.364 e. The summed E-state index contributed by atoms with van der Waals surface area (Å²) in [6.07, 6.45) is 0.966. The van der Waals surface area contributed by atoms with Crippen LogP contribution in [0.1, 0.15) is 13.3 Å². The Labute approximate surface area is 78.5 Å². The van der Waals surface area contributed by atoms with Gasteiger partial charge in [-0.05, 0) is 6.42 Å². The maximum absolute atomic E-state index is 5.23. The first-order valence-corrected chi connectivity index (χ1v) is 4.43. The van der Waals surface area contributed by atoms with Gasteiger partial charge in [0.25, 0.3) is 0 Å². The maximum Gasteiger partial charge on any atom is 0.135 e. The Bertz CT molecular complexity index is 184. The van der Waals surface area contributed by atoms with Gasteiger partial charge in [-0.2, -0.15) is 0 Å². The number of nitrogens with zero attached hydrogens (tertiary/aromatic N) is 1. The predicted octanol–water partition coefficient (Wildman–Crippen LogP) is -0.110. The van der Waals surface area contributed by atoms with E-state index in [2.05, 4.69) is 22.7 Å². The molecule has 0 spiro atoms. The van der Waals surface area contributed by atoms with E-state index in [9.17, 15) is 0 Å². The third-order valence-electron chi connectivity index (χ3n) is 2.03. The Balaban J connectivity index is 2.56. The van der Waals surface area contributed by atoms with Gasteiger partial charge in [0, 0.05) is 7.11 Å². The van der Waals surface area contributed by atoms with Crippen molar-refractivity contribution in [1.82, 2.24) is 10.8 Å². The summed E-state index contributed by atoms with van der Waals surface area (Å²) in [7, 11) is 3.26. The lowest BCUT2D eigenvalue weighted by atomic mass is 10.2. The molecule has 1 aliphatic heterocycles. The number of amidine groups is 1. The van der Waals surface area contributed by atoms with Crippen molar-refractivity contribution >= 4 is 5.84 Å². The molecular weight excluding hydrogens is 170 g/mol. The van der Waals surface area contributed by atoms with Crippen molar-refractivity contribution in [1.29, 1.82) is 0 Å². The van der Waals surface area contributed by atoms with Crippen molar-refractivity contribution in [2.45, 2.75) is 25.6 Å². The average molecular weight is 187 g/mol. The van der Waals surface area contributed by atoms with Gasteiger partial charge in [-0.25, -0.2) is 0 Å². The highest BCUT2D eigenvalue weighted by atomic mass is 16.6. The van der Waals surface area contributed by atoms with E-state index >= 15 is 0 Å². The summed E-state index contributed by atoms with van der Waals surface area (Å²) in [6, 6.07) is 0.163. The van der Waals surface area contributed by atoms with Crippen LogP contribution in [-0.2, 0) is 9.57 Å². The SMILES string of the molecule is CCC1N=C(NOC)CNC1OC. The number of nitrogens with one attached hydrogen (secondary N) is 2. The molecule has 0 radical (unpaired) electrons. The first-order chi connectivity index (χ1) is 6.31. The van der Waals surface area contributed by atoms with Crippen LogP contribution >= 0.6 is 0 Å². The van der Waals surface area contributed by atoms with E-state index in [1.54, 1.807) is 14.2 Å². The van der Waals surface area contributed by atoms with Crippen LogP contribution in [0.3, 0.4) is 0 Å². The van der Waals surface area contributed by atoms with Crippen LogP contribution in [-0.4, -0.2) is 38.9 Å². The molecule has 1 rings (SSSR count). The fraction of sp³-hybridized carbons (Fsp3) is 0.875. The predicted molar refractivity (Wildman–Crippen MR) is 50.5 cm³/mol. The normalized spacial score (nSPS) is 28.4. The molecule has 13 heavy (non-hydrogen) atoms. The molecule has 5 heteroatoms. The van der Waals surface area contributed by atoms with Crippen LogP contribution in [0, 0.1) is 0 Å². The molecule has 0 saturated carbocycles. The maximum atomic E-state index is 5.23. The van der Waals surface area contributed by atoms with Crippen molar-refractivity contribution in [2.24, 2.45) is 4.99 Å². The highest BCUT2D eigenvalue weighted by Crippen LogP contribution is 2.08. The van der Waals surface area contributed by atoms with E-state index in [-0.39, 0.29) is 12.3 Å². The standard InChI is InChI=1S/C8H17N3O2/c1-4-6-8(12-2)9-5-7(10-6)11-13-3/h6,8-9H,4-5H2,1-3H3,(H,10,11). The largest absolute Gasteiger partial charge is 0.364 e. The van der Waals surface area contributed by atoms with E-state index in [0.717, 1.165) is 12.3 Å². The van der Waals surface area contributed by atoms with Gasteiger partial charge in [-0.3, -0.25) is 20.6 Å². The summed E-state index contributed by atoms with van der Waals surface area (Å²) < 4.78 is 5.23. The van der Waals surface area contributed by atoms with Gasteiger partial charge >= 0.3 is 0 Å². The third kappa shape index (κ3) is 2.65. The Kier molecular flexibility index (Phi) is 4.14. The van der Waals surface area contributed by atoms with Gasteiger partial charge in [-0.15, -0.1) is 0 Å². The van der Waals surface area contributed by atoms with E-state index in [1.807, 2.05) is 0 Å². The number of methoxy groups -OCH3 is 1. The molecule has 1 aliphatic rings. The van der Waals surface area contributed by atoms with Crippen LogP contribution in [0.15, 0.2) is 4.99 Å². The molecule has 0 aromatic carbocycles. The number of rotatable bonds is 3. The quantitative estimate of drug-likeness (QED) is 0.605. The fourth-order valence-electron chi connectivity index (χ4n) is 1.37. The molecule has 0 aliphatic carbocycles. The second kappa shape index (κ2) is 5.16.